The molecule has 1 unspecified atom stereocenters. The van der Waals surface area contributed by atoms with Gasteiger partial charge in [-0.25, -0.2) is 14.4 Å². The molecule has 0 saturated carbocycles. The maximum absolute atomic E-state index is 14.1. The molecule has 178 valence electrons. The van der Waals surface area contributed by atoms with Crippen LogP contribution in [0.15, 0.2) is 30.7 Å². The third-order valence-electron chi connectivity index (χ3n) is 4.86. The first kappa shape index (κ1) is 24.3. The van der Waals surface area contributed by atoms with Gasteiger partial charge in [-0.1, -0.05) is 0 Å². The van der Waals surface area contributed by atoms with Gasteiger partial charge in [0.25, 0.3) is 5.91 Å². The van der Waals surface area contributed by atoms with E-state index >= 15 is 0 Å². The van der Waals surface area contributed by atoms with Crippen molar-refractivity contribution in [3.63, 3.8) is 0 Å². The van der Waals surface area contributed by atoms with Crippen LogP contribution < -0.4 is 16.0 Å². The number of aliphatic hydroxyl groups is 2. The summed E-state index contributed by atoms with van der Waals surface area (Å²) in [7, 11) is 0. The number of fused-ring (bicyclic) bond motifs is 1. The highest BCUT2D eigenvalue weighted by Gasteiger charge is 2.27. The largest absolute Gasteiger partial charge is 0.395 e. The summed E-state index contributed by atoms with van der Waals surface area (Å²) in [5.41, 5.74) is -0.167. The Balaban J connectivity index is 1.92. The molecule has 0 spiro atoms. The normalized spacial score (nSPS) is 12.7. The first-order valence-corrected chi connectivity index (χ1v) is 10.7. The van der Waals surface area contributed by atoms with E-state index in [1.165, 1.54) is 20.0 Å². The van der Waals surface area contributed by atoms with Gasteiger partial charge in [-0.3, -0.25) is 9.36 Å². The first-order chi connectivity index (χ1) is 15.6. The molecule has 1 atom stereocenters. The van der Waals surface area contributed by atoms with Crippen LogP contribution in [-0.4, -0.2) is 73.2 Å². The number of aromatic nitrogens is 4. The smallest absolute Gasteiger partial charge is 0.255 e. The third kappa shape index (κ3) is 5.93. The monoisotopic (exact) mass is 459 g/mol. The minimum absolute atomic E-state index is 0.0233. The molecule has 3 heterocycles. The van der Waals surface area contributed by atoms with E-state index in [-0.39, 0.29) is 24.8 Å². The fourth-order valence-corrected chi connectivity index (χ4v) is 3.07. The molecular formula is C22H30FN7O3. The molecule has 0 aliphatic carbocycles. The number of hydrogen-bond acceptors (Lipinski definition) is 8. The lowest BCUT2D eigenvalue weighted by atomic mass is 10.0. The van der Waals surface area contributed by atoms with Crippen molar-refractivity contribution in [2.75, 3.05) is 30.3 Å². The van der Waals surface area contributed by atoms with Gasteiger partial charge in [0.05, 0.1) is 30.0 Å². The number of alkyl halides is 1. The number of amides is 1. The Morgan fingerprint density at radius 3 is 2.70 bits per heavy atom. The van der Waals surface area contributed by atoms with Gasteiger partial charge in [0.1, 0.15) is 12.0 Å². The van der Waals surface area contributed by atoms with Gasteiger partial charge < -0.3 is 26.2 Å². The van der Waals surface area contributed by atoms with E-state index in [1.807, 2.05) is 19.9 Å². The van der Waals surface area contributed by atoms with Gasteiger partial charge in [-0.2, -0.15) is 4.98 Å². The lowest BCUT2D eigenvalue weighted by Crippen LogP contribution is -2.42. The minimum atomic E-state index is -1.62. The number of carbonyl (C=O) groups excluding carboxylic acids is 1. The van der Waals surface area contributed by atoms with Crippen molar-refractivity contribution in [2.24, 2.45) is 0 Å². The fraction of sp³-hybridized carbons (Fsp3) is 0.455. The van der Waals surface area contributed by atoms with Crippen molar-refractivity contribution >= 4 is 28.6 Å². The second-order valence-electron chi connectivity index (χ2n) is 8.53. The first-order valence-electron chi connectivity index (χ1n) is 10.7. The van der Waals surface area contributed by atoms with Crippen molar-refractivity contribution in [3.05, 3.63) is 36.3 Å². The Labute approximate surface area is 191 Å². The minimum Gasteiger partial charge on any atom is -0.395 e. The van der Waals surface area contributed by atoms with Gasteiger partial charge in [-0.05, 0) is 33.8 Å². The molecule has 5 N–H and O–H groups in total. The van der Waals surface area contributed by atoms with E-state index < -0.39 is 17.7 Å². The molecular weight excluding hydrogens is 429 g/mol. The maximum Gasteiger partial charge on any atom is 0.255 e. The van der Waals surface area contributed by atoms with E-state index in [9.17, 15) is 14.3 Å². The molecule has 3 aromatic heterocycles. The number of halogens is 1. The predicted octanol–water partition coefficient (Wildman–Crippen LogP) is 1.88. The molecule has 33 heavy (non-hydrogen) atoms. The molecule has 11 heteroatoms. The van der Waals surface area contributed by atoms with Crippen LogP contribution in [0.3, 0.4) is 0 Å². The summed E-state index contributed by atoms with van der Waals surface area (Å²) < 4.78 is 15.8. The molecule has 0 aliphatic rings. The van der Waals surface area contributed by atoms with Crippen LogP contribution in [-0.2, 0) is 0 Å². The number of nitrogens with zero attached hydrogens (tertiary/aromatic N) is 4. The molecule has 3 aromatic rings. The summed E-state index contributed by atoms with van der Waals surface area (Å²) in [5.74, 6) is 0.399. The fourth-order valence-electron chi connectivity index (χ4n) is 3.07. The lowest BCUT2D eigenvalue weighted by molar-refractivity contribution is -0.00177. The number of anilines is 2. The Bertz CT molecular complexity index is 1110. The molecule has 1 amide bonds. The van der Waals surface area contributed by atoms with Crippen molar-refractivity contribution in [2.45, 2.75) is 45.5 Å². The summed E-state index contributed by atoms with van der Waals surface area (Å²) in [5, 5.41) is 28.2. The van der Waals surface area contributed by atoms with Crippen molar-refractivity contribution < 1.29 is 19.4 Å². The Hall–Kier alpha value is -3.31. The van der Waals surface area contributed by atoms with Crippen LogP contribution in [0.2, 0.25) is 0 Å². The summed E-state index contributed by atoms with van der Waals surface area (Å²) in [6, 6.07) is 3.59. The predicted molar refractivity (Wildman–Crippen MR) is 125 cm³/mol. The third-order valence-corrected chi connectivity index (χ3v) is 4.86. The van der Waals surface area contributed by atoms with Crippen LogP contribution in [0.5, 0.6) is 0 Å². The second kappa shape index (κ2) is 10.1. The van der Waals surface area contributed by atoms with Crippen LogP contribution >= 0.6 is 0 Å². The second-order valence-corrected chi connectivity index (χ2v) is 8.53. The standard InChI is InChI=1S/C22H30FN7O3/c1-13(2)28-16-9-18(25-11-15(16)20(32)26-12-17(23)22(3,4)33)30-7-5-14-10-27-21(24-6-8-31)29-19(14)30/h5,7,9-11,13,17,31,33H,6,8,12H2,1-4H3,(H,25,28)(H,26,32)(H,24,27,29). The number of carbonyl (C=O) groups is 1. The zero-order chi connectivity index (χ0) is 24.2. The highest BCUT2D eigenvalue weighted by Crippen LogP contribution is 2.23. The van der Waals surface area contributed by atoms with Crippen molar-refractivity contribution in [1.29, 1.82) is 0 Å². The van der Waals surface area contributed by atoms with Crippen molar-refractivity contribution in [3.8, 4) is 5.82 Å². The molecule has 3 rings (SSSR count). The molecule has 0 bridgehead atoms. The molecule has 0 radical (unpaired) electrons. The number of aliphatic hydroxyl groups excluding tert-OH is 1. The zero-order valence-corrected chi connectivity index (χ0v) is 19.1. The number of pyridine rings is 1. The van der Waals surface area contributed by atoms with Gasteiger partial charge in [-0.15, -0.1) is 0 Å². The molecule has 10 nitrogen and oxygen atoms in total. The average molecular weight is 460 g/mol. The average Bonchev–Trinajstić information content (AvgIpc) is 3.17. The Morgan fingerprint density at radius 2 is 2.03 bits per heavy atom. The maximum atomic E-state index is 14.1. The number of hydrogen-bond donors (Lipinski definition) is 5. The van der Waals surface area contributed by atoms with E-state index in [1.54, 1.807) is 23.0 Å². The summed E-state index contributed by atoms with van der Waals surface area (Å²) in [6.45, 7) is 6.52. The topological polar surface area (TPSA) is 137 Å². The van der Waals surface area contributed by atoms with E-state index in [2.05, 4.69) is 30.9 Å². The van der Waals surface area contributed by atoms with Crippen LogP contribution in [0.1, 0.15) is 38.1 Å². The van der Waals surface area contributed by atoms with Crippen molar-refractivity contribution in [1.82, 2.24) is 24.8 Å². The molecule has 0 aliphatic heterocycles. The molecule has 0 aromatic carbocycles. The number of nitrogens with one attached hydrogen (secondary N) is 3. The quantitative estimate of drug-likeness (QED) is 0.310. The van der Waals surface area contributed by atoms with Crippen LogP contribution in [0.25, 0.3) is 16.9 Å². The Morgan fingerprint density at radius 1 is 1.27 bits per heavy atom. The van der Waals surface area contributed by atoms with Gasteiger partial charge in [0.15, 0.2) is 5.65 Å². The highest BCUT2D eigenvalue weighted by molar-refractivity contribution is 5.99. The van der Waals surface area contributed by atoms with Gasteiger partial charge in [0.2, 0.25) is 5.95 Å². The summed E-state index contributed by atoms with van der Waals surface area (Å²) >= 11 is 0. The van der Waals surface area contributed by atoms with Crippen LogP contribution in [0, 0.1) is 0 Å². The Kier molecular flexibility index (Phi) is 7.44. The number of rotatable bonds is 10. The van der Waals surface area contributed by atoms with E-state index in [0.29, 0.717) is 29.6 Å². The summed E-state index contributed by atoms with van der Waals surface area (Å²) in [6.07, 6.45) is 3.27. The lowest BCUT2D eigenvalue weighted by Gasteiger charge is -2.23. The van der Waals surface area contributed by atoms with E-state index in [4.69, 9.17) is 5.11 Å². The summed E-state index contributed by atoms with van der Waals surface area (Å²) in [4.78, 5) is 25.9. The van der Waals surface area contributed by atoms with Gasteiger partial charge >= 0.3 is 0 Å². The highest BCUT2D eigenvalue weighted by atomic mass is 19.1. The van der Waals surface area contributed by atoms with Crippen LogP contribution in [0.4, 0.5) is 16.0 Å². The SMILES string of the molecule is CC(C)Nc1cc(-n2ccc3cnc(NCCO)nc32)ncc1C(=O)NCC(F)C(C)(C)O. The van der Waals surface area contributed by atoms with Gasteiger partial charge in [0, 0.05) is 42.6 Å². The molecule has 0 fully saturated rings. The zero-order valence-electron chi connectivity index (χ0n) is 19.1. The van der Waals surface area contributed by atoms with E-state index in [0.717, 1.165) is 5.39 Å². The molecule has 0 saturated heterocycles.